The number of nitrogens with one attached hydrogen (secondary N) is 1. The standard InChI is InChI=1S/C19H21N7O2/c1-10-9-19(2,3)26(25-10)18-23-16(22-17(21)24-18)13-7-11-5-6-12(27-4)8-14(11)28-15(13)20/h5-8,20H,9H2,1-4H3,(H2,21,22,23,24). The van der Waals surface area contributed by atoms with E-state index >= 15 is 0 Å². The van der Waals surface area contributed by atoms with Crippen LogP contribution in [0.5, 0.6) is 5.75 Å². The second kappa shape index (κ2) is 6.29. The third kappa shape index (κ3) is 3.04. The number of rotatable bonds is 3. The number of anilines is 2. The van der Waals surface area contributed by atoms with Gasteiger partial charge in [0.15, 0.2) is 5.82 Å². The predicted molar refractivity (Wildman–Crippen MR) is 106 cm³/mol. The Hall–Kier alpha value is -3.49. The molecule has 0 saturated carbocycles. The fourth-order valence-electron chi connectivity index (χ4n) is 3.36. The van der Waals surface area contributed by atoms with E-state index in [2.05, 4.69) is 33.9 Å². The van der Waals surface area contributed by atoms with Crippen molar-refractivity contribution in [3.63, 3.8) is 0 Å². The average Bonchev–Trinajstić information content (AvgIpc) is 2.92. The normalized spacial score (nSPS) is 15.7. The SMILES string of the molecule is COc1ccc2cc(-c3nc(N)nc(N4N=C(C)CC4(C)C)n3)c(=N)oc2c1. The molecule has 1 aromatic carbocycles. The van der Waals surface area contributed by atoms with E-state index in [0.29, 0.717) is 22.8 Å². The quantitative estimate of drug-likeness (QED) is 0.716. The molecule has 0 amide bonds. The van der Waals surface area contributed by atoms with Crippen LogP contribution in [-0.2, 0) is 0 Å². The van der Waals surface area contributed by atoms with Gasteiger partial charge in [0.2, 0.25) is 11.5 Å². The van der Waals surface area contributed by atoms with Crippen LogP contribution in [0.25, 0.3) is 22.4 Å². The highest BCUT2D eigenvalue weighted by atomic mass is 16.5. The van der Waals surface area contributed by atoms with Crippen molar-refractivity contribution in [2.24, 2.45) is 5.10 Å². The molecule has 0 atom stereocenters. The van der Waals surface area contributed by atoms with Crippen LogP contribution in [0.2, 0.25) is 0 Å². The highest BCUT2D eigenvalue weighted by Gasteiger charge is 2.35. The molecule has 0 spiro atoms. The van der Waals surface area contributed by atoms with E-state index in [1.165, 1.54) is 0 Å². The lowest BCUT2D eigenvalue weighted by atomic mass is 9.99. The fourth-order valence-corrected chi connectivity index (χ4v) is 3.36. The van der Waals surface area contributed by atoms with Crippen molar-refractivity contribution >= 4 is 28.6 Å². The molecule has 1 aliphatic heterocycles. The second-order valence-corrected chi connectivity index (χ2v) is 7.35. The molecule has 0 saturated heterocycles. The molecule has 144 valence electrons. The molecule has 3 N–H and O–H groups in total. The number of hydrogen-bond acceptors (Lipinski definition) is 9. The molecule has 4 rings (SSSR count). The van der Waals surface area contributed by atoms with Crippen LogP contribution in [-0.4, -0.2) is 33.3 Å². The Kier molecular flexibility index (Phi) is 4.02. The number of methoxy groups -OCH3 is 1. The molecule has 0 unspecified atom stereocenters. The predicted octanol–water partition coefficient (Wildman–Crippen LogP) is 2.72. The first-order chi connectivity index (χ1) is 13.3. The second-order valence-electron chi connectivity index (χ2n) is 7.35. The zero-order valence-electron chi connectivity index (χ0n) is 16.1. The molecule has 0 radical (unpaired) electrons. The molecule has 0 aliphatic carbocycles. The summed E-state index contributed by atoms with van der Waals surface area (Å²) in [5, 5.41) is 15.4. The highest BCUT2D eigenvalue weighted by molar-refractivity contribution is 5.87. The minimum Gasteiger partial charge on any atom is -0.497 e. The van der Waals surface area contributed by atoms with Crippen LogP contribution in [0.15, 0.2) is 33.8 Å². The Morgan fingerprint density at radius 3 is 2.68 bits per heavy atom. The molecule has 0 fully saturated rings. The molecule has 0 bridgehead atoms. The highest BCUT2D eigenvalue weighted by Crippen LogP contribution is 2.31. The van der Waals surface area contributed by atoms with Crippen molar-refractivity contribution in [3.8, 4) is 17.1 Å². The van der Waals surface area contributed by atoms with E-state index in [1.54, 1.807) is 24.3 Å². The molecule has 9 nitrogen and oxygen atoms in total. The van der Waals surface area contributed by atoms with Crippen molar-refractivity contribution in [3.05, 3.63) is 29.8 Å². The van der Waals surface area contributed by atoms with E-state index in [0.717, 1.165) is 17.5 Å². The van der Waals surface area contributed by atoms with Crippen LogP contribution >= 0.6 is 0 Å². The number of benzene rings is 1. The van der Waals surface area contributed by atoms with Gasteiger partial charge in [0.1, 0.15) is 11.3 Å². The number of nitrogens with two attached hydrogens (primary N) is 1. The van der Waals surface area contributed by atoms with Crippen LogP contribution in [0.3, 0.4) is 0 Å². The van der Waals surface area contributed by atoms with Crippen molar-refractivity contribution in [1.29, 1.82) is 5.41 Å². The molecule has 1 aliphatic rings. The van der Waals surface area contributed by atoms with Gasteiger partial charge in [-0.05, 0) is 39.0 Å². The fraction of sp³-hybridized carbons (Fsp3) is 0.316. The molecule has 28 heavy (non-hydrogen) atoms. The van der Waals surface area contributed by atoms with Gasteiger partial charge in [0.25, 0.3) is 5.95 Å². The minimum absolute atomic E-state index is 0.0600. The lowest BCUT2D eigenvalue weighted by Crippen LogP contribution is -2.37. The van der Waals surface area contributed by atoms with Crippen LogP contribution in [0, 0.1) is 5.41 Å². The van der Waals surface area contributed by atoms with E-state index in [9.17, 15) is 0 Å². The Balaban J connectivity index is 1.85. The van der Waals surface area contributed by atoms with E-state index in [1.807, 2.05) is 19.1 Å². The Labute approximate surface area is 161 Å². The lowest BCUT2D eigenvalue weighted by molar-refractivity contribution is 0.414. The maximum Gasteiger partial charge on any atom is 0.252 e. The average molecular weight is 379 g/mol. The summed E-state index contributed by atoms with van der Waals surface area (Å²) in [6.45, 7) is 6.08. The molecule has 3 aromatic rings. The number of ether oxygens (including phenoxy) is 1. The minimum atomic E-state index is -0.275. The maximum absolute atomic E-state index is 8.29. The zero-order valence-corrected chi connectivity index (χ0v) is 16.1. The Morgan fingerprint density at radius 2 is 2.00 bits per heavy atom. The summed E-state index contributed by atoms with van der Waals surface area (Å²) in [6.07, 6.45) is 0.796. The number of nitrogens with zero attached hydrogens (tertiary/aromatic N) is 5. The summed E-state index contributed by atoms with van der Waals surface area (Å²) < 4.78 is 10.9. The summed E-state index contributed by atoms with van der Waals surface area (Å²) in [5.74, 6) is 1.33. The molecule has 9 heteroatoms. The van der Waals surface area contributed by atoms with Gasteiger partial charge in [-0.1, -0.05) is 0 Å². The third-order valence-corrected chi connectivity index (χ3v) is 4.58. The lowest BCUT2D eigenvalue weighted by Gasteiger charge is -2.28. The third-order valence-electron chi connectivity index (χ3n) is 4.58. The molecular weight excluding hydrogens is 358 g/mol. The van der Waals surface area contributed by atoms with Crippen LogP contribution in [0.1, 0.15) is 27.2 Å². The molecule has 2 aromatic heterocycles. The topological polar surface area (TPSA) is 127 Å². The number of fused-ring (bicyclic) bond motifs is 1. The van der Waals surface area contributed by atoms with Crippen molar-refractivity contribution in [2.45, 2.75) is 32.7 Å². The van der Waals surface area contributed by atoms with Gasteiger partial charge in [-0.15, -0.1) is 0 Å². The van der Waals surface area contributed by atoms with Gasteiger partial charge < -0.3 is 14.9 Å². The molecule has 3 heterocycles. The zero-order chi connectivity index (χ0) is 20.1. The number of nitrogen functional groups attached to an aromatic ring is 1. The van der Waals surface area contributed by atoms with Crippen LogP contribution in [0.4, 0.5) is 11.9 Å². The van der Waals surface area contributed by atoms with Crippen molar-refractivity contribution in [2.75, 3.05) is 17.9 Å². The van der Waals surface area contributed by atoms with Gasteiger partial charge in [0, 0.05) is 23.6 Å². The summed E-state index contributed by atoms with van der Waals surface area (Å²) >= 11 is 0. The number of hydrogen-bond donors (Lipinski definition) is 2. The molecular formula is C19H21N7O2. The van der Waals surface area contributed by atoms with E-state index < -0.39 is 0 Å². The Bertz CT molecular complexity index is 1170. The smallest absolute Gasteiger partial charge is 0.252 e. The summed E-state index contributed by atoms with van der Waals surface area (Å²) in [7, 11) is 1.58. The Morgan fingerprint density at radius 1 is 1.21 bits per heavy atom. The van der Waals surface area contributed by atoms with E-state index in [4.69, 9.17) is 20.3 Å². The summed E-state index contributed by atoms with van der Waals surface area (Å²) in [5.41, 5.74) is 7.54. The number of aromatic nitrogens is 3. The first-order valence-electron chi connectivity index (χ1n) is 8.79. The van der Waals surface area contributed by atoms with Gasteiger partial charge in [0.05, 0.1) is 18.2 Å². The van der Waals surface area contributed by atoms with Crippen molar-refractivity contribution in [1.82, 2.24) is 15.0 Å². The van der Waals surface area contributed by atoms with Gasteiger partial charge >= 0.3 is 0 Å². The van der Waals surface area contributed by atoms with Gasteiger partial charge in [-0.2, -0.15) is 20.1 Å². The van der Waals surface area contributed by atoms with Gasteiger partial charge in [-0.3, -0.25) is 5.41 Å². The van der Waals surface area contributed by atoms with Crippen LogP contribution < -0.4 is 21.0 Å². The largest absolute Gasteiger partial charge is 0.497 e. The maximum atomic E-state index is 8.29. The number of hydrazone groups is 1. The van der Waals surface area contributed by atoms with Gasteiger partial charge in [-0.25, -0.2) is 5.01 Å². The van der Waals surface area contributed by atoms with E-state index in [-0.39, 0.29) is 22.9 Å². The summed E-state index contributed by atoms with van der Waals surface area (Å²) in [6, 6.07) is 7.20. The first-order valence-corrected chi connectivity index (χ1v) is 8.79. The first kappa shape index (κ1) is 17.9. The monoisotopic (exact) mass is 379 g/mol. The summed E-state index contributed by atoms with van der Waals surface area (Å²) in [4.78, 5) is 13.0. The van der Waals surface area contributed by atoms with Crippen molar-refractivity contribution < 1.29 is 9.15 Å².